The Hall–Kier alpha value is -7.56. The van der Waals surface area contributed by atoms with Crippen molar-refractivity contribution >= 4 is 56.6 Å². The number of aromatic nitrogens is 8. The Morgan fingerprint density at radius 2 is 1.06 bits per heavy atom. The fourth-order valence-electron chi connectivity index (χ4n) is 8.25. The topological polar surface area (TPSA) is 238 Å². The first-order chi connectivity index (χ1) is 30.8. The van der Waals surface area contributed by atoms with Crippen LogP contribution in [-0.2, 0) is 36.9 Å². The van der Waals surface area contributed by atoms with Gasteiger partial charge in [-0.05, 0) is 119 Å². The lowest BCUT2D eigenvalue weighted by atomic mass is 10.0. The number of carbonyl (C=O) groups is 2. The van der Waals surface area contributed by atoms with Crippen molar-refractivity contribution in [1.82, 2.24) is 39.5 Å². The first-order valence-corrected chi connectivity index (χ1v) is 21.0. The molecular formula is C48H48N12O4. The van der Waals surface area contributed by atoms with Gasteiger partial charge in [0.1, 0.15) is 23.3 Å². The summed E-state index contributed by atoms with van der Waals surface area (Å²) in [5.74, 6) is 1.89. The number of hydrogen-bond acceptors (Lipinski definition) is 12. The number of nitrogens with zero attached hydrogens (tertiary/aromatic N) is 8. The number of aliphatic hydroxyl groups excluding tert-OH is 2. The van der Waals surface area contributed by atoms with Gasteiger partial charge in [0.25, 0.3) is 0 Å². The predicted octanol–water partition coefficient (Wildman–Crippen LogP) is 6.31. The minimum atomic E-state index is -0.0707. The maximum atomic E-state index is 12.7. The van der Waals surface area contributed by atoms with Gasteiger partial charge in [0.05, 0.1) is 37.0 Å². The number of fused-ring (bicyclic) bond motifs is 2. The van der Waals surface area contributed by atoms with E-state index in [2.05, 4.69) is 40.8 Å². The van der Waals surface area contributed by atoms with E-state index < -0.39 is 0 Å². The maximum absolute atomic E-state index is 12.7. The number of rotatable bonds is 10. The Morgan fingerprint density at radius 1 is 0.641 bits per heavy atom. The zero-order valence-corrected chi connectivity index (χ0v) is 35.8. The van der Waals surface area contributed by atoms with Gasteiger partial charge in [0.15, 0.2) is 0 Å². The van der Waals surface area contributed by atoms with Crippen LogP contribution >= 0.6 is 0 Å². The van der Waals surface area contributed by atoms with Gasteiger partial charge in [-0.1, -0.05) is 24.3 Å². The van der Waals surface area contributed by atoms with Crippen LogP contribution in [0.3, 0.4) is 0 Å². The normalized spacial score (nSPS) is 17.5. The number of nitrogens with two attached hydrogens (primary N) is 2. The maximum Gasteiger partial charge on any atom is 0.229 e. The van der Waals surface area contributed by atoms with E-state index in [9.17, 15) is 19.8 Å². The SMILES string of the molecule is Cc1ccc(CO)cc1-c1cc2cc(NC(=O)[C@@H]3C[C@H]3c3cnn(C)c3)ncc2c(N)n1.Cc1ccc(CO)cc1-c1cc2cc(NC(=O)[C@H]3C[C@@H]3c3cnn(C)c3)ncc2c(N)n1. The van der Waals surface area contributed by atoms with Crippen LogP contribution in [0, 0.1) is 25.7 Å². The largest absolute Gasteiger partial charge is 0.392 e. The van der Waals surface area contributed by atoms with E-state index in [1.807, 2.05) is 113 Å². The number of nitrogen functional groups attached to an aromatic ring is 2. The number of amides is 2. The summed E-state index contributed by atoms with van der Waals surface area (Å²) in [6.07, 6.45) is 12.4. The third-order valence-corrected chi connectivity index (χ3v) is 12.1. The average molecular weight is 857 g/mol. The van der Waals surface area contributed by atoms with Crippen molar-refractivity contribution < 1.29 is 19.8 Å². The Bertz CT molecular complexity index is 2900. The number of anilines is 4. The minimum absolute atomic E-state index is 0.0422. The number of carbonyl (C=O) groups excluding carboxylic acids is 2. The van der Waals surface area contributed by atoms with E-state index in [1.54, 1.807) is 21.8 Å². The fourth-order valence-corrected chi connectivity index (χ4v) is 8.25. The quantitative estimate of drug-likeness (QED) is 0.0888. The van der Waals surface area contributed by atoms with Crippen LogP contribution in [0.4, 0.5) is 23.3 Å². The molecule has 8 N–H and O–H groups in total. The van der Waals surface area contributed by atoms with Crippen molar-refractivity contribution in [3.8, 4) is 22.5 Å². The highest BCUT2D eigenvalue weighted by Gasteiger charge is 2.45. The zero-order chi connectivity index (χ0) is 44.8. The molecule has 2 amide bonds. The van der Waals surface area contributed by atoms with Crippen LogP contribution in [0.25, 0.3) is 44.1 Å². The van der Waals surface area contributed by atoms with Gasteiger partial charge in [-0.25, -0.2) is 19.9 Å². The Labute approximate surface area is 368 Å². The van der Waals surface area contributed by atoms with Gasteiger partial charge in [-0.15, -0.1) is 0 Å². The van der Waals surface area contributed by atoms with E-state index in [-0.39, 0.29) is 48.7 Å². The zero-order valence-electron chi connectivity index (χ0n) is 35.8. The summed E-state index contributed by atoms with van der Waals surface area (Å²) in [5, 5.41) is 36.4. The number of nitrogens with one attached hydrogen (secondary N) is 2. The lowest BCUT2D eigenvalue weighted by Crippen LogP contribution is -2.15. The third-order valence-electron chi connectivity index (χ3n) is 12.1. The Balaban J connectivity index is 0.000000162. The second-order valence-corrected chi connectivity index (χ2v) is 16.8. The smallest absolute Gasteiger partial charge is 0.229 e. The fraction of sp³-hybridized carbons (Fsp3) is 0.250. The van der Waals surface area contributed by atoms with Gasteiger partial charge >= 0.3 is 0 Å². The molecule has 6 heterocycles. The molecule has 8 aromatic rings. The highest BCUT2D eigenvalue weighted by molar-refractivity contribution is 6.00. The highest BCUT2D eigenvalue weighted by atomic mass is 16.3. The molecule has 6 aromatic heterocycles. The first-order valence-electron chi connectivity index (χ1n) is 21.0. The molecule has 0 radical (unpaired) electrons. The molecule has 0 spiro atoms. The lowest BCUT2D eigenvalue weighted by molar-refractivity contribution is -0.118. The van der Waals surface area contributed by atoms with Crippen molar-refractivity contribution in [1.29, 1.82) is 0 Å². The highest BCUT2D eigenvalue weighted by Crippen LogP contribution is 2.49. The van der Waals surface area contributed by atoms with E-state index in [0.29, 0.717) is 34.7 Å². The summed E-state index contributed by atoms with van der Waals surface area (Å²) >= 11 is 0. The van der Waals surface area contributed by atoms with Crippen LogP contribution in [0.1, 0.15) is 58.1 Å². The van der Waals surface area contributed by atoms with Crippen LogP contribution in [-0.4, -0.2) is 61.5 Å². The summed E-state index contributed by atoms with van der Waals surface area (Å²) in [6.45, 7) is 3.89. The molecule has 0 bridgehead atoms. The molecule has 2 aromatic carbocycles. The van der Waals surface area contributed by atoms with Crippen molar-refractivity contribution in [2.45, 2.75) is 51.7 Å². The van der Waals surface area contributed by atoms with Gasteiger partial charge in [0, 0.05) is 72.6 Å². The number of hydrogen-bond donors (Lipinski definition) is 6. The monoisotopic (exact) mass is 856 g/mol. The van der Waals surface area contributed by atoms with Gasteiger partial charge in [-0.3, -0.25) is 19.0 Å². The summed E-state index contributed by atoms with van der Waals surface area (Å²) in [6, 6.07) is 19.0. The molecule has 2 aliphatic rings. The molecule has 324 valence electrons. The Kier molecular flexibility index (Phi) is 11.1. The van der Waals surface area contributed by atoms with Gasteiger partial charge in [0.2, 0.25) is 11.8 Å². The van der Waals surface area contributed by atoms with Crippen LogP contribution in [0.15, 0.2) is 97.8 Å². The molecule has 2 fully saturated rings. The first kappa shape index (κ1) is 41.8. The molecule has 10 rings (SSSR count). The third kappa shape index (κ3) is 8.60. The number of benzene rings is 2. The average Bonchev–Trinajstić information content (AvgIpc) is 4.18. The summed E-state index contributed by atoms with van der Waals surface area (Å²) in [5.41, 5.74) is 21.5. The molecule has 0 saturated heterocycles. The van der Waals surface area contributed by atoms with E-state index >= 15 is 0 Å². The van der Waals surface area contributed by atoms with Crippen LogP contribution in [0.2, 0.25) is 0 Å². The van der Waals surface area contributed by atoms with Crippen LogP contribution in [0.5, 0.6) is 0 Å². The van der Waals surface area contributed by atoms with Crippen molar-refractivity contribution in [2.24, 2.45) is 25.9 Å². The molecule has 2 saturated carbocycles. The number of aliphatic hydroxyl groups is 2. The van der Waals surface area contributed by atoms with Crippen molar-refractivity contribution in [3.05, 3.63) is 131 Å². The molecule has 16 nitrogen and oxygen atoms in total. The van der Waals surface area contributed by atoms with Crippen molar-refractivity contribution in [2.75, 3.05) is 22.1 Å². The van der Waals surface area contributed by atoms with E-state index in [1.165, 1.54) is 0 Å². The van der Waals surface area contributed by atoms with E-state index in [4.69, 9.17) is 11.5 Å². The lowest BCUT2D eigenvalue weighted by Gasteiger charge is -2.11. The molecule has 0 aliphatic heterocycles. The standard InChI is InChI=1S/2C24H24N6O2/c2*1-13-3-4-14(12-31)5-17(13)21-6-15-7-22(26-10-20(15)23(25)28-21)29-24(32)19-8-18(19)16-9-27-30(2)11-16/h2*3-7,9-11,18-19,31H,8,12H2,1-2H3,(H2,25,28)(H,26,29,32)/t2*18-,19+/m10/s1. The van der Waals surface area contributed by atoms with Gasteiger partial charge in [-0.2, -0.15) is 10.2 Å². The molecule has 64 heavy (non-hydrogen) atoms. The number of pyridine rings is 4. The van der Waals surface area contributed by atoms with Crippen molar-refractivity contribution in [3.63, 3.8) is 0 Å². The van der Waals surface area contributed by atoms with E-state index in [0.717, 1.165) is 78.9 Å². The molecule has 2 aliphatic carbocycles. The summed E-state index contributed by atoms with van der Waals surface area (Å²) < 4.78 is 3.50. The summed E-state index contributed by atoms with van der Waals surface area (Å²) in [7, 11) is 3.74. The van der Waals surface area contributed by atoms with Gasteiger partial charge < -0.3 is 32.3 Å². The van der Waals surface area contributed by atoms with Crippen LogP contribution < -0.4 is 22.1 Å². The predicted molar refractivity (Wildman–Crippen MR) is 245 cm³/mol. The molecular weight excluding hydrogens is 809 g/mol. The number of aryl methyl sites for hydroxylation is 4. The Morgan fingerprint density at radius 3 is 1.44 bits per heavy atom. The minimum Gasteiger partial charge on any atom is -0.392 e. The second kappa shape index (κ2) is 17.0. The summed E-state index contributed by atoms with van der Waals surface area (Å²) in [4.78, 5) is 43.3. The second-order valence-electron chi connectivity index (χ2n) is 16.8. The molecule has 16 heteroatoms. The molecule has 4 atom stereocenters. The molecule has 0 unspecified atom stereocenters.